The molecule has 3 nitrogen and oxygen atoms in total. The molecule has 0 aliphatic heterocycles. The van der Waals surface area contributed by atoms with Gasteiger partial charge in [0.05, 0.1) is 9.88 Å². The number of halogens is 1. The van der Waals surface area contributed by atoms with Crippen molar-refractivity contribution < 1.29 is 4.79 Å². The van der Waals surface area contributed by atoms with Gasteiger partial charge in [-0.25, -0.2) is 0 Å². The van der Waals surface area contributed by atoms with Gasteiger partial charge in [-0.2, -0.15) is 0 Å². The number of nitrogens with two attached hydrogens (primary N) is 1. The number of carbonyl (C=O) groups is 1. The lowest BCUT2D eigenvalue weighted by atomic mass is 9.97. The van der Waals surface area contributed by atoms with E-state index < -0.39 is 0 Å². The Hall–Kier alpha value is -0.580. The van der Waals surface area contributed by atoms with Crippen molar-refractivity contribution in [2.45, 2.75) is 44.1 Å². The molecular weight excluding hydrogens is 268 g/mol. The van der Waals surface area contributed by atoms with Crippen LogP contribution in [-0.4, -0.2) is 18.0 Å². The fourth-order valence-corrected chi connectivity index (χ4v) is 3.60. The summed E-state index contributed by atoms with van der Waals surface area (Å²) < 4.78 is 0.777. The number of thiophene rings is 1. The molecule has 3 N–H and O–H groups in total. The van der Waals surface area contributed by atoms with Crippen LogP contribution >= 0.6 is 22.9 Å². The normalized spacial score (nSPS) is 17.9. The van der Waals surface area contributed by atoms with Gasteiger partial charge in [-0.15, -0.1) is 11.3 Å². The molecule has 1 aromatic rings. The van der Waals surface area contributed by atoms with E-state index in [9.17, 15) is 4.79 Å². The van der Waals surface area contributed by atoms with Gasteiger partial charge in [-0.05, 0) is 31.4 Å². The van der Waals surface area contributed by atoms with E-state index in [2.05, 4.69) is 5.32 Å². The smallest absolute Gasteiger partial charge is 0.220 e. The van der Waals surface area contributed by atoms with E-state index >= 15 is 0 Å². The van der Waals surface area contributed by atoms with Crippen LogP contribution in [0, 0.1) is 0 Å². The molecule has 0 bridgehead atoms. The summed E-state index contributed by atoms with van der Waals surface area (Å²) in [6, 6.07) is 3.85. The molecule has 100 valence electrons. The zero-order chi connectivity index (χ0) is 13.0. The van der Waals surface area contributed by atoms with Gasteiger partial charge in [0, 0.05) is 17.8 Å². The molecule has 1 fully saturated rings. The highest BCUT2D eigenvalue weighted by molar-refractivity contribution is 7.16. The Kier molecular flexibility index (Phi) is 4.65. The van der Waals surface area contributed by atoms with E-state index in [1.54, 1.807) is 0 Å². The molecule has 1 heterocycles. The van der Waals surface area contributed by atoms with Crippen molar-refractivity contribution in [2.75, 3.05) is 6.54 Å². The number of rotatable bonds is 5. The maximum Gasteiger partial charge on any atom is 0.220 e. The van der Waals surface area contributed by atoms with Crippen molar-refractivity contribution in [3.05, 3.63) is 21.3 Å². The number of carbonyl (C=O) groups excluding carboxylic acids is 1. The Balaban J connectivity index is 1.81. The first kappa shape index (κ1) is 13.8. The SMILES string of the molecule is NCC1(NC(=O)CCc2ccc(Cl)s2)CCCC1. The van der Waals surface area contributed by atoms with Gasteiger partial charge in [-0.1, -0.05) is 24.4 Å². The summed E-state index contributed by atoms with van der Waals surface area (Å²) in [5, 5.41) is 3.13. The maximum atomic E-state index is 11.9. The highest BCUT2D eigenvalue weighted by Gasteiger charge is 2.33. The van der Waals surface area contributed by atoms with Gasteiger partial charge in [0.25, 0.3) is 0 Å². The predicted octanol–water partition coefficient (Wildman–Crippen LogP) is 2.72. The average molecular weight is 287 g/mol. The fraction of sp³-hybridized carbons (Fsp3) is 0.615. The Morgan fingerprint density at radius 1 is 1.44 bits per heavy atom. The van der Waals surface area contributed by atoms with E-state index in [4.69, 9.17) is 17.3 Å². The first-order valence-electron chi connectivity index (χ1n) is 6.39. The molecule has 0 saturated heterocycles. The summed E-state index contributed by atoms with van der Waals surface area (Å²) in [7, 11) is 0. The minimum Gasteiger partial charge on any atom is -0.349 e. The number of hydrogen-bond donors (Lipinski definition) is 2. The van der Waals surface area contributed by atoms with Crippen molar-refractivity contribution >= 4 is 28.8 Å². The third-order valence-electron chi connectivity index (χ3n) is 3.58. The van der Waals surface area contributed by atoms with Crippen LogP contribution in [0.25, 0.3) is 0 Å². The summed E-state index contributed by atoms with van der Waals surface area (Å²) in [5.41, 5.74) is 5.66. The van der Waals surface area contributed by atoms with Crippen LogP contribution in [0.3, 0.4) is 0 Å². The summed E-state index contributed by atoms with van der Waals surface area (Å²) >= 11 is 7.40. The molecule has 0 spiro atoms. The van der Waals surface area contributed by atoms with Crippen LogP contribution in [0.1, 0.15) is 37.0 Å². The molecule has 0 aromatic carbocycles. The molecule has 18 heavy (non-hydrogen) atoms. The standard InChI is InChI=1S/C13H19ClN2OS/c14-11-5-3-10(18-11)4-6-12(17)16-13(9-15)7-1-2-8-13/h3,5H,1-2,4,6-9,15H2,(H,16,17). The largest absolute Gasteiger partial charge is 0.349 e. The van der Waals surface area contributed by atoms with Crippen LogP contribution in [-0.2, 0) is 11.2 Å². The third kappa shape index (κ3) is 3.46. The quantitative estimate of drug-likeness (QED) is 0.874. The molecule has 0 radical (unpaired) electrons. The monoisotopic (exact) mass is 286 g/mol. The molecule has 1 aliphatic carbocycles. The van der Waals surface area contributed by atoms with Crippen molar-refractivity contribution in [3.63, 3.8) is 0 Å². The molecule has 1 amide bonds. The number of nitrogens with one attached hydrogen (secondary N) is 1. The van der Waals surface area contributed by atoms with E-state index in [1.807, 2.05) is 12.1 Å². The summed E-state index contributed by atoms with van der Waals surface area (Å²) in [5.74, 6) is 0.104. The van der Waals surface area contributed by atoms with Crippen LogP contribution in [0.4, 0.5) is 0 Å². The van der Waals surface area contributed by atoms with E-state index in [0.29, 0.717) is 13.0 Å². The average Bonchev–Trinajstić information content (AvgIpc) is 2.97. The van der Waals surface area contributed by atoms with Crippen LogP contribution in [0.15, 0.2) is 12.1 Å². The van der Waals surface area contributed by atoms with Gasteiger partial charge in [0.1, 0.15) is 0 Å². The van der Waals surface area contributed by atoms with Crippen molar-refractivity contribution in [1.82, 2.24) is 5.32 Å². The second-order valence-corrected chi connectivity index (χ2v) is 6.75. The molecule has 1 saturated carbocycles. The highest BCUT2D eigenvalue weighted by Crippen LogP contribution is 2.29. The lowest BCUT2D eigenvalue weighted by molar-refractivity contribution is -0.122. The zero-order valence-corrected chi connectivity index (χ0v) is 11.9. The molecule has 2 rings (SSSR count). The Morgan fingerprint density at radius 3 is 2.72 bits per heavy atom. The lowest BCUT2D eigenvalue weighted by Crippen LogP contribution is -2.51. The van der Waals surface area contributed by atoms with Gasteiger partial charge >= 0.3 is 0 Å². The van der Waals surface area contributed by atoms with Crippen LogP contribution in [0.2, 0.25) is 4.34 Å². The molecule has 0 unspecified atom stereocenters. The fourth-order valence-electron chi connectivity index (χ4n) is 2.51. The van der Waals surface area contributed by atoms with Crippen molar-refractivity contribution in [3.8, 4) is 0 Å². The van der Waals surface area contributed by atoms with Gasteiger partial charge in [-0.3, -0.25) is 4.79 Å². The van der Waals surface area contributed by atoms with E-state index in [1.165, 1.54) is 11.3 Å². The zero-order valence-electron chi connectivity index (χ0n) is 10.4. The molecule has 1 aromatic heterocycles. The summed E-state index contributed by atoms with van der Waals surface area (Å²) in [4.78, 5) is 13.1. The Bertz CT molecular complexity index is 413. The maximum absolute atomic E-state index is 11.9. The van der Waals surface area contributed by atoms with Crippen LogP contribution < -0.4 is 11.1 Å². The molecular formula is C13H19ClN2OS. The Labute approximate surface area is 117 Å². The first-order valence-corrected chi connectivity index (χ1v) is 7.58. The Morgan fingerprint density at radius 2 is 2.17 bits per heavy atom. The number of aryl methyl sites for hydroxylation is 1. The molecule has 1 aliphatic rings. The molecule has 0 atom stereocenters. The van der Waals surface area contributed by atoms with E-state index in [-0.39, 0.29) is 11.4 Å². The van der Waals surface area contributed by atoms with Gasteiger partial charge < -0.3 is 11.1 Å². The number of amides is 1. The second kappa shape index (κ2) is 6.04. The van der Waals surface area contributed by atoms with Crippen molar-refractivity contribution in [2.24, 2.45) is 5.73 Å². The minimum atomic E-state index is -0.135. The van der Waals surface area contributed by atoms with Gasteiger partial charge in [0.15, 0.2) is 0 Å². The number of hydrogen-bond acceptors (Lipinski definition) is 3. The molecule has 5 heteroatoms. The first-order chi connectivity index (χ1) is 8.63. The topological polar surface area (TPSA) is 55.1 Å². The summed E-state index contributed by atoms with van der Waals surface area (Å²) in [6.45, 7) is 0.545. The third-order valence-corrected chi connectivity index (χ3v) is 4.87. The predicted molar refractivity (Wildman–Crippen MR) is 76.0 cm³/mol. The highest BCUT2D eigenvalue weighted by atomic mass is 35.5. The lowest BCUT2D eigenvalue weighted by Gasteiger charge is -2.28. The van der Waals surface area contributed by atoms with Gasteiger partial charge in [0.2, 0.25) is 5.91 Å². The summed E-state index contributed by atoms with van der Waals surface area (Å²) in [6.07, 6.45) is 5.62. The van der Waals surface area contributed by atoms with Crippen molar-refractivity contribution in [1.29, 1.82) is 0 Å². The van der Waals surface area contributed by atoms with E-state index in [0.717, 1.165) is 41.3 Å². The second-order valence-electron chi connectivity index (χ2n) is 4.95. The van der Waals surface area contributed by atoms with Crippen LogP contribution in [0.5, 0.6) is 0 Å². The minimum absolute atomic E-state index is 0.104.